The topological polar surface area (TPSA) is 83.3 Å². The summed E-state index contributed by atoms with van der Waals surface area (Å²) in [5, 5.41) is 9.61. The molecule has 0 aliphatic rings. The van der Waals surface area contributed by atoms with Crippen LogP contribution in [0.15, 0.2) is 11.1 Å². The number of ether oxygens (including phenoxy) is 1. The lowest BCUT2D eigenvalue weighted by atomic mass is 10.1. The van der Waals surface area contributed by atoms with E-state index >= 15 is 0 Å². The molecule has 112 valence electrons. The summed E-state index contributed by atoms with van der Waals surface area (Å²) < 4.78 is 4.92. The first-order valence-corrected chi connectivity index (χ1v) is 7.31. The first-order chi connectivity index (χ1) is 9.90. The molecule has 7 heteroatoms. The highest BCUT2D eigenvalue weighted by Crippen LogP contribution is 2.23. The molecule has 0 spiro atoms. The highest BCUT2D eigenvalue weighted by molar-refractivity contribution is 7.99. The predicted molar refractivity (Wildman–Crippen MR) is 79.1 cm³/mol. The summed E-state index contributed by atoms with van der Waals surface area (Å²) in [7, 11) is 3.33. The Labute approximate surface area is 128 Å². The SMILES string of the molecule is CCOC(=O)c1cc(C#N)c(SCC(=O)N(C)C)nc1C. The van der Waals surface area contributed by atoms with Gasteiger partial charge in [0.1, 0.15) is 11.1 Å². The van der Waals surface area contributed by atoms with Gasteiger partial charge in [-0.15, -0.1) is 0 Å². The van der Waals surface area contributed by atoms with Crippen molar-refractivity contribution in [3.05, 3.63) is 22.9 Å². The molecule has 0 saturated carbocycles. The van der Waals surface area contributed by atoms with E-state index in [1.165, 1.54) is 22.7 Å². The second kappa shape index (κ2) is 7.64. The van der Waals surface area contributed by atoms with Crippen LogP contribution in [-0.2, 0) is 9.53 Å². The summed E-state index contributed by atoms with van der Waals surface area (Å²) in [6.45, 7) is 3.64. The maximum Gasteiger partial charge on any atom is 0.340 e. The lowest BCUT2D eigenvalue weighted by Crippen LogP contribution is -2.23. The van der Waals surface area contributed by atoms with Crippen LogP contribution in [0.5, 0.6) is 0 Å². The number of hydrogen-bond acceptors (Lipinski definition) is 6. The summed E-state index contributed by atoms with van der Waals surface area (Å²) in [4.78, 5) is 29.1. The number of carbonyl (C=O) groups is 2. The van der Waals surface area contributed by atoms with Crippen molar-refractivity contribution in [2.24, 2.45) is 0 Å². The Morgan fingerprint density at radius 3 is 2.67 bits per heavy atom. The fourth-order valence-corrected chi connectivity index (χ4v) is 2.43. The van der Waals surface area contributed by atoms with Crippen molar-refractivity contribution in [3.63, 3.8) is 0 Å². The molecule has 0 atom stereocenters. The van der Waals surface area contributed by atoms with Crippen LogP contribution in [0, 0.1) is 18.3 Å². The molecule has 1 rings (SSSR count). The van der Waals surface area contributed by atoms with Crippen molar-refractivity contribution in [3.8, 4) is 6.07 Å². The number of carbonyl (C=O) groups excluding carboxylic acids is 2. The zero-order chi connectivity index (χ0) is 16.0. The van der Waals surface area contributed by atoms with Gasteiger partial charge >= 0.3 is 5.97 Å². The number of aromatic nitrogens is 1. The quantitative estimate of drug-likeness (QED) is 0.607. The average molecular weight is 307 g/mol. The number of amides is 1. The zero-order valence-corrected chi connectivity index (χ0v) is 13.3. The molecule has 0 aliphatic heterocycles. The molecule has 1 amide bonds. The Morgan fingerprint density at radius 1 is 1.48 bits per heavy atom. The molecule has 1 aromatic heterocycles. The van der Waals surface area contributed by atoms with Gasteiger partial charge in [0.25, 0.3) is 0 Å². The third kappa shape index (κ3) is 4.46. The van der Waals surface area contributed by atoms with Crippen molar-refractivity contribution in [1.29, 1.82) is 5.26 Å². The number of pyridine rings is 1. The van der Waals surface area contributed by atoms with E-state index in [4.69, 9.17) is 10.00 Å². The molecule has 1 heterocycles. The van der Waals surface area contributed by atoms with Gasteiger partial charge in [-0.2, -0.15) is 5.26 Å². The molecule has 0 bridgehead atoms. The first-order valence-electron chi connectivity index (χ1n) is 6.32. The molecule has 21 heavy (non-hydrogen) atoms. The number of aryl methyl sites for hydroxylation is 1. The van der Waals surface area contributed by atoms with E-state index in [1.54, 1.807) is 27.9 Å². The summed E-state index contributed by atoms with van der Waals surface area (Å²) in [5.74, 6) is -0.384. The standard InChI is InChI=1S/C14H17N3O3S/c1-5-20-14(19)11-6-10(7-15)13(16-9(11)2)21-8-12(18)17(3)4/h6H,5,8H2,1-4H3. The van der Waals surface area contributed by atoms with Crippen LogP contribution in [-0.4, -0.2) is 48.2 Å². The number of rotatable bonds is 5. The van der Waals surface area contributed by atoms with Crippen LogP contribution in [0.2, 0.25) is 0 Å². The Morgan fingerprint density at radius 2 is 2.14 bits per heavy atom. The van der Waals surface area contributed by atoms with Crippen LogP contribution in [0.1, 0.15) is 28.5 Å². The van der Waals surface area contributed by atoms with Crippen molar-refractivity contribution in [2.45, 2.75) is 18.9 Å². The minimum absolute atomic E-state index is 0.0715. The number of esters is 1. The van der Waals surface area contributed by atoms with Gasteiger partial charge in [0, 0.05) is 14.1 Å². The number of thioether (sulfide) groups is 1. The van der Waals surface area contributed by atoms with Gasteiger partial charge < -0.3 is 9.64 Å². The van der Waals surface area contributed by atoms with Gasteiger partial charge in [-0.25, -0.2) is 9.78 Å². The van der Waals surface area contributed by atoms with Crippen LogP contribution in [0.3, 0.4) is 0 Å². The highest BCUT2D eigenvalue weighted by Gasteiger charge is 2.17. The van der Waals surface area contributed by atoms with Gasteiger partial charge in [0.15, 0.2) is 0 Å². The molecule has 1 aromatic rings. The molecule has 0 aromatic carbocycles. The van der Waals surface area contributed by atoms with Gasteiger partial charge in [-0.1, -0.05) is 11.8 Å². The molecule has 0 aliphatic carbocycles. The number of nitrogens with zero attached hydrogens (tertiary/aromatic N) is 3. The third-order valence-corrected chi connectivity index (χ3v) is 3.60. The fourth-order valence-electron chi connectivity index (χ4n) is 1.45. The summed E-state index contributed by atoms with van der Waals surface area (Å²) in [5.41, 5.74) is 1.02. The number of nitriles is 1. The molecular weight excluding hydrogens is 290 g/mol. The largest absolute Gasteiger partial charge is 0.462 e. The molecule has 0 fully saturated rings. The van der Waals surface area contributed by atoms with E-state index in [1.807, 2.05) is 6.07 Å². The molecular formula is C14H17N3O3S. The van der Waals surface area contributed by atoms with Crippen LogP contribution < -0.4 is 0 Å². The Balaban J connectivity index is 3.02. The van der Waals surface area contributed by atoms with Crippen LogP contribution in [0.4, 0.5) is 0 Å². The Kier molecular flexibility index (Phi) is 6.18. The highest BCUT2D eigenvalue weighted by atomic mass is 32.2. The minimum atomic E-state index is -0.500. The van der Waals surface area contributed by atoms with E-state index < -0.39 is 5.97 Å². The normalized spacial score (nSPS) is 9.86. The minimum Gasteiger partial charge on any atom is -0.462 e. The molecule has 6 nitrogen and oxygen atoms in total. The van der Waals surface area contributed by atoms with Gasteiger partial charge in [0.2, 0.25) is 5.91 Å². The number of hydrogen-bond donors (Lipinski definition) is 0. The van der Waals surface area contributed by atoms with E-state index in [0.717, 1.165) is 0 Å². The Bertz CT molecular complexity index is 594. The summed E-state index contributed by atoms with van der Waals surface area (Å²) in [6, 6.07) is 3.46. The van der Waals surface area contributed by atoms with Gasteiger partial charge in [-0.05, 0) is 19.9 Å². The van der Waals surface area contributed by atoms with E-state index in [-0.39, 0.29) is 29.4 Å². The van der Waals surface area contributed by atoms with Crippen LogP contribution >= 0.6 is 11.8 Å². The second-order valence-corrected chi connectivity index (χ2v) is 5.35. The fraction of sp³-hybridized carbons (Fsp3) is 0.429. The summed E-state index contributed by atoms with van der Waals surface area (Å²) >= 11 is 1.18. The monoisotopic (exact) mass is 307 g/mol. The van der Waals surface area contributed by atoms with Crippen molar-refractivity contribution < 1.29 is 14.3 Å². The zero-order valence-electron chi connectivity index (χ0n) is 12.5. The Hall–Kier alpha value is -2.07. The van der Waals surface area contributed by atoms with E-state index in [0.29, 0.717) is 10.7 Å². The van der Waals surface area contributed by atoms with Gasteiger partial charge in [-0.3, -0.25) is 4.79 Å². The first kappa shape index (κ1) is 17.0. The molecule has 0 saturated heterocycles. The lowest BCUT2D eigenvalue weighted by molar-refractivity contribution is -0.125. The van der Waals surface area contributed by atoms with Crippen LogP contribution in [0.25, 0.3) is 0 Å². The third-order valence-electron chi connectivity index (χ3n) is 2.63. The van der Waals surface area contributed by atoms with E-state index in [9.17, 15) is 9.59 Å². The molecule has 0 unspecified atom stereocenters. The van der Waals surface area contributed by atoms with Crippen molar-refractivity contribution in [1.82, 2.24) is 9.88 Å². The predicted octanol–water partition coefficient (Wildman–Crippen LogP) is 1.62. The van der Waals surface area contributed by atoms with Gasteiger partial charge in [0.05, 0.1) is 29.2 Å². The summed E-state index contributed by atoms with van der Waals surface area (Å²) in [6.07, 6.45) is 0. The maximum atomic E-state index is 11.8. The lowest BCUT2D eigenvalue weighted by Gasteiger charge is -2.11. The van der Waals surface area contributed by atoms with Crippen molar-refractivity contribution in [2.75, 3.05) is 26.5 Å². The molecule has 0 N–H and O–H groups in total. The van der Waals surface area contributed by atoms with Crippen molar-refractivity contribution >= 4 is 23.6 Å². The second-order valence-electron chi connectivity index (χ2n) is 4.38. The maximum absolute atomic E-state index is 11.8. The van der Waals surface area contributed by atoms with E-state index in [2.05, 4.69) is 4.98 Å². The molecule has 0 radical (unpaired) electrons. The smallest absolute Gasteiger partial charge is 0.340 e. The average Bonchev–Trinajstić information content (AvgIpc) is 2.44.